The molecule has 0 aliphatic heterocycles. The Morgan fingerprint density at radius 3 is 2.46 bits per heavy atom. The number of carbonyl (C=O) groups excluding carboxylic acids is 1. The van der Waals surface area contributed by atoms with Crippen molar-refractivity contribution < 1.29 is 24.2 Å². The summed E-state index contributed by atoms with van der Waals surface area (Å²) in [6, 6.07) is 13.8. The van der Waals surface area contributed by atoms with Crippen molar-refractivity contribution in [1.29, 1.82) is 0 Å². The summed E-state index contributed by atoms with van der Waals surface area (Å²) in [5.74, 6) is -0.765. The Morgan fingerprint density at radius 1 is 1.12 bits per heavy atom. The van der Waals surface area contributed by atoms with Crippen LogP contribution in [0.3, 0.4) is 0 Å². The molecule has 1 amide bonds. The van der Waals surface area contributed by atoms with Gasteiger partial charge >= 0.3 is 5.97 Å². The Morgan fingerprint density at radius 2 is 1.83 bits per heavy atom. The molecule has 0 aromatic heterocycles. The van der Waals surface area contributed by atoms with Crippen molar-refractivity contribution >= 4 is 11.9 Å². The molecule has 24 heavy (non-hydrogen) atoms. The van der Waals surface area contributed by atoms with Gasteiger partial charge in [-0.1, -0.05) is 30.3 Å². The number of carbonyl (C=O) groups is 2. The van der Waals surface area contributed by atoms with Gasteiger partial charge in [0.15, 0.2) is 17.6 Å². The highest BCUT2D eigenvalue weighted by molar-refractivity contribution is 5.88. The van der Waals surface area contributed by atoms with Crippen LogP contribution in [0.4, 0.5) is 0 Å². The van der Waals surface area contributed by atoms with E-state index in [4.69, 9.17) is 14.6 Å². The van der Waals surface area contributed by atoms with Crippen LogP contribution in [0.25, 0.3) is 0 Å². The molecule has 2 aromatic carbocycles. The predicted molar refractivity (Wildman–Crippen MR) is 88.3 cm³/mol. The van der Waals surface area contributed by atoms with Gasteiger partial charge in [-0.15, -0.1) is 0 Å². The van der Waals surface area contributed by atoms with Gasteiger partial charge in [0, 0.05) is 6.54 Å². The van der Waals surface area contributed by atoms with Crippen molar-refractivity contribution in [2.45, 2.75) is 19.6 Å². The van der Waals surface area contributed by atoms with Gasteiger partial charge in [0.25, 0.3) is 5.91 Å². The summed E-state index contributed by atoms with van der Waals surface area (Å²) in [4.78, 5) is 23.1. The molecule has 126 valence electrons. The number of amides is 1. The van der Waals surface area contributed by atoms with Crippen LogP contribution in [0.15, 0.2) is 48.5 Å². The van der Waals surface area contributed by atoms with Crippen LogP contribution in [-0.2, 0) is 11.3 Å². The number of nitrogens with one attached hydrogen (secondary N) is 1. The van der Waals surface area contributed by atoms with E-state index in [2.05, 4.69) is 5.32 Å². The molecule has 0 unspecified atom stereocenters. The summed E-state index contributed by atoms with van der Waals surface area (Å²) in [7, 11) is 1.41. The van der Waals surface area contributed by atoms with E-state index in [0.29, 0.717) is 12.3 Å². The highest BCUT2D eigenvalue weighted by Crippen LogP contribution is 2.29. The first-order chi connectivity index (χ1) is 11.5. The summed E-state index contributed by atoms with van der Waals surface area (Å²) >= 11 is 0. The molecular formula is C18H19NO5. The number of hydrogen-bond acceptors (Lipinski definition) is 4. The summed E-state index contributed by atoms with van der Waals surface area (Å²) in [6.07, 6.45) is -0.752. The van der Waals surface area contributed by atoms with E-state index >= 15 is 0 Å². The molecule has 0 spiro atoms. The van der Waals surface area contributed by atoms with E-state index in [0.717, 1.165) is 5.56 Å². The maximum atomic E-state index is 12.1. The maximum absolute atomic E-state index is 12.1. The molecule has 2 rings (SSSR count). The standard InChI is InChI=1S/C18H19NO5/c1-12(17(20)19-11-13-6-4-3-5-7-13)24-15-9-8-14(18(21)22)10-16(15)23-2/h3-10,12H,11H2,1-2H3,(H,19,20)(H,21,22)/t12-/m0/s1. The monoisotopic (exact) mass is 329 g/mol. The fourth-order valence-electron chi connectivity index (χ4n) is 2.07. The molecule has 0 aliphatic carbocycles. The second-order valence-corrected chi connectivity index (χ2v) is 5.13. The minimum Gasteiger partial charge on any atom is -0.493 e. The minimum atomic E-state index is -1.06. The first kappa shape index (κ1) is 17.3. The highest BCUT2D eigenvalue weighted by Gasteiger charge is 2.17. The second kappa shape index (κ2) is 8.01. The smallest absolute Gasteiger partial charge is 0.335 e. The maximum Gasteiger partial charge on any atom is 0.335 e. The van der Waals surface area contributed by atoms with Crippen molar-refractivity contribution in [3.8, 4) is 11.5 Å². The van der Waals surface area contributed by atoms with E-state index in [1.807, 2.05) is 30.3 Å². The number of methoxy groups -OCH3 is 1. The number of carboxylic acids is 1. The van der Waals surface area contributed by atoms with Crippen LogP contribution in [0.2, 0.25) is 0 Å². The zero-order valence-electron chi connectivity index (χ0n) is 13.5. The van der Waals surface area contributed by atoms with Gasteiger partial charge in [-0.3, -0.25) is 4.79 Å². The highest BCUT2D eigenvalue weighted by atomic mass is 16.5. The van der Waals surface area contributed by atoms with Gasteiger partial charge in [-0.05, 0) is 30.7 Å². The molecule has 1 atom stereocenters. The third-order valence-electron chi connectivity index (χ3n) is 3.39. The fourth-order valence-corrected chi connectivity index (χ4v) is 2.07. The SMILES string of the molecule is COc1cc(C(=O)O)ccc1O[C@@H](C)C(=O)NCc1ccccc1. The van der Waals surface area contributed by atoms with Crippen molar-refractivity contribution in [3.05, 3.63) is 59.7 Å². The van der Waals surface area contributed by atoms with Crippen LogP contribution in [0.5, 0.6) is 11.5 Å². The number of carboxylic acid groups (broad SMARTS) is 1. The Hall–Kier alpha value is -3.02. The van der Waals surface area contributed by atoms with Crippen molar-refractivity contribution in [1.82, 2.24) is 5.32 Å². The van der Waals surface area contributed by atoms with E-state index in [1.54, 1.807) is 6.92 Å². The Balaban J connectivity index is 1.99. The summed E-state index contributed by atoms with van der Waals surface area (Å²) in [5.41, 5.74) is 1.07. The van der Waals surface area contributed by atoms with E-state index in [1.165, 1.54) is 25.3 Å². The van der Waals surface area contributed by atoms with E-state index in [-0.39, 0.29) is 17.2 Å². The molecule has 6 heteroatoms. The third-order valence-corrected chi connectivity index (χ3v) is 3.39. The summed E-state index contributed by atoms with van der Waals surface area (Å²) in [6.45, 7) is 2.02. The fraction of sp³-hybridized carbons (Fsp3) is 0.222. The van der Waals surface area contributed by atoms with E-state index < -0.39 is 12.1 Å². The predicted octanol–water partition coefficient (Wildman–Crippen LogP) is 2.48. The zero-order valence-corrected chi connectivity index (χ0v) is 13.5. The third kappa shape index (κ3) is 4.49. The first-order valence-electron chi connectivity index (χ1n) is 7.41. The van der Waals surface area contributed by atoms with Crippen molar-refractivity contribution in [2.24, 2.45) is 0 Å². The topological polar surface area (TPSA) is 84.9 Å². The van der Waals surface area contributed by atoms with Gasteiger partial charge in [0.05, 0.1) is 12.7 Å². The Bertz CT molecular complexity index is 715. The number of ether oxygens (including phenoxy) is 2. The molecular weight excluding hydrogens is 310 g/mol. The lowest BCUT2D eigenvalue weighted by Crippen LogP contribution is -2.36. The quantitative estimate of drug-likeness (QED) is 0.815. The van der Waals surface area contributed by atoms with Gasteiger partial charge < -0.3 is 19.9 Å². The van der Waals surface area contributed by atoms with Crippen molar-refractivity contribution in [3.63, 3.8) is 0 Å². The summed E-state index contributed by atoms with van der Waals surface area (Å²) < 4.78 is 10.7. The lowest BCUT2D eigenvalue weighted by atomic mass is 10.2. The second-order valence-electron chi connectivity index (χ2n) is 5.13. The molecule has 0 saturated carbocycles. The Labute approximate surface area is 140 Å². The lowest BCUT2D eigenvalue weighted by molar-refractivity contribution is -0.127. The molecule has 6 nitrogen and oxygen atoms in total. The first-order valence-corrected chi connectivity index (χ1v) is 7.41. The Kier molecular flexibility index (Phi) is 5.78. The molecule has 0 heterocycles. The van der Waals surface area contributed by atoms with Gasteiger partial charge in [-0.25, -0.2) is 4.79 Å². The minimum absolute atomic E-state index is 0.0837. The van der Waals surface area contributed by atoms with Crippen molar-refractivity contribution in [2.75, 3.05) is 7.11 Å². The van der Waals surface area contributed by atoms with Gasteiger partial charge in [0.2, 0.25) is 0 Å². The van der Waals surface area contributed by atoms with Crippen LogP contribution < -0.4 is 14.8 Å². The van der Waals surface area contributed by atoms with Crippen LogP contribution >= 0.6 is 0 Å². The molecule has 0 bridgehead atoms. The van der Waals surface area contributed by atoms with Crippen LogP contribution in [0, 0.1) is 0 Å². The summed E-state index contributed by atoms with van der Waals surface area (Å²) in [5, 5.41) is 11.8. The van der Waals surface area contributed by atoms with Crippen LogP contribution in [-0.4, -0.2) is 30.2 Å². The van der Waals surface area contributed by atoms with Crippen LogP contribution in [0.1, 0.15) is 22.8 Å². The number of aromatic carboxylic acids is 1. The average molecular weight is 329 g/mol. The number of rotatable bonds is 7. The molecule has 0 saturated heterocycles. The molecule has 0 radical (unpaired) electrons. The van der Waals surface area contributed by atoms with E-state index in [9.17, 15) is 9.59 Å². The molecule has 2 aromatic rings. The number of benzene rings is 2. The average Bonchev–Trinajstić information content (AvgIpc) is 2.60. The number of hydrogen-bond donors (Lipinski definition) is 2. The lowest BCUT2D eigenvalue weighted by Gasteiger charge is -2.17. The van der Waals surface area contributed by atoms with Gasteiger partial charge in [-0.2, -0.15) is 0 Å². The zero-order chi connectivity index (χ0) is 17.5. The van der Waals surface area contributed by atoms with Gasteiger partial charge in [0.1, 0.15) is 0 Å². The normalized spacial score (nSPS) is 11.4. The largest absolute Gasteiger partial charge is 0.493 e. The molecule has 0 aliphatic rings. The molecule has 0 fully saturated rings. The molecule has 2 N–H and O–H groups in total.